The minimum atomic E-state index is 0. The third-order valence-electron chi connectivity index (χ3n) is 1.13. The van der Waals surface area contributed by atoms with Crippen LogP contribution in [-0.2, 0) is 0 Å². The summed E-state index contributed by atoms with van der Waals surface area (Å²) in [6.45, 7) is 0. The van der Waals surface area contributed by atoms with Crippen LogP contribution in [0.4, 0.5) is 0 Å². The van der Waals surface area contributed by atoms with Crippen LogP contribution in [0, 0.1) is 0 Å². The van der Waals surface area contributed by atoms with E-state index in [1.165, 1.54) is 0 Å². The first-order valence-electron chi connectivity index (χ1n) is 2.60. The van der Waals surface area contributed by atoms with Crippen molar-refractivity contribution in [3.63, 3.8) is 0 Å². The lowest BCUT2D eigenvalue weighted by Gasteiger charge is -1.81. The molecular formula is C6H5ClN2S. The number of nitrogens with zero attached hydrogens (tertiary/aromatic N) is 2. The highest BCUT2D eigenvalue weighted by Gasteiger charge is 1.90. The maximum atomic E-state index is 4.05. The summed E-state index contributed by atoms with van der Waals surface area (Å²) in [6, 6.07) is 2.01. The van der Waals surface area contributed by atoms with Gasteiger partial charge in [0.2, 0.25) is 0 Å². The van der Waals surface area contributed by atoms with Gasteiger partial charge in [0, 0.05) is 11.6 Å². The molecule has 2 rings (SSSR count). The largest absolute Gasteiger partial charge is 0.244 e. The van der Waals surface area contributed by atoms with Crippen molar-refractivity contribution >= 4 is 34.0 Å². The van der Waals surface area contributed by atoms with Crippen LogP contribution >= 0.6 is 23.7 Å². The zero-order valence-corrected chi connectivity index (χ0v) is 6.65. The van der Waals surface area contributed by atoms with Crippen LogP contribution in [-0.4, -0.2) is 9.97 Å². The zero-order valence-electron chi connectivity index (χ0n) is 5.02. The zero-order chi connectivity index (χ0) is 6.10. The van der Waals surface area contributed by atoms with Crippen molar-refractivity contribution < 1.29 is 0 Å². The third-order valence-corrected chi connectivity index (χ3v) is 1.97. The number of rotatable bonds is 0. The number of halogens is 1. The molecule has 0 N–H and O–H groups in total. The second kappa shape index (κ2) is 2.94. The third kappa shape index (κ3) is 1.10. The van der Waals surface area contributed by atoms with Gasteiger partial charge in [0.25, 0.3) is 0 Å². The normalized spacial score (nSPS) is 9.20. The van der Waals surface area contributed by atoms with Crippen LogP contribution in [0.15, 0.2) is 24.0 Å². The van der Waals surface area contributed by atoms with Gasteiger partial charge in [-0.3, -0.25) is 0 Å². The van der Waals surface area contributed by atoms with Crippen LogP contribution in [0.5, 0.6) is 0 Å². The predicted molar refractivity (Wildman–Crippen MR) is 44.7 cm³/mol. The lowest BCUT2D eigenvalue weighted by atomic mass is 10.4. The summed E-state index contributed by atoms with van der Waals surface area (Å²) >= 11 is 1.64. The van der Waals surface area contributed by atoms with Crippen molar-refractivity contribution in [2.24, 2.45) is 0 Å². The van der Waals surface area contributed by atoms with Gasteiger partial charge in [-0.25, -0.2) is 9.97 Å². The molecule has 0 aliphatic carbocycles. The maximum absolute atomic E-state index is 4.05. The van der Waals surface area contributed by atoms with Gasteiger partial charge in [-0.15, -0.1) is 23.7 Å². The molecule has 0 aliphatic rings. The van der Waals surface area contributed by atoms with Crippen molar-refractivity contribution in [2.75, 3.05) is 0 Å². The Labute approximate surface area is 68.3 Å². The number of fused-ring (bicyclic) bond motifs is 1. The number of hydrogen-bond acceptors (Lipinski definition) is 3. The standard InChI is InChI=1S/C6H4N2S.ClH/c1-2-9-6-5(1)3-7-4-8-6;/h1-4H;1H. The molecule has 0 spiro atoms. The molecule has 0 radical (unpaired) electrons. The van der Waals surface area contributed by atoms with E-state index in [0.717, 1.165) is 10.2 Å². The van der Waals surface area contributed by atoms with E-state index in [4.69, 9.17) is 0 Å². The van der Waals surface area contributed by atoms with E-state index in [0.29, 0.717) is 0 Å². The van der Waals surface area contributed by atoms with Crippen LogP contribution in [0.3, 0.4) is 0 Å². The molecule has 0 aromatic carbocycles. The van der Waals surface area contributed by atoms with Crippen LogP contribution < -0.4 is 0 Å². The van der Waals surface area contributed by atoms with Gasteiger partial charge in [-0.05, 0) is 11.4 Å². The van der Waals surface area contributed by atoms with Crippen molar-refractivity contribution in [1.82, 2.24) is 9.97 Å². The summed E-state index contributed by atoms with van der Waals surface area (Å²) in [5, 5.41) is 3.14. The van der Waals surface area contributed by atoms with Gasteiger partial charge < -0.3 is 0 Å². The first kappa shape index (κ1) is 7.44. The Morgan fingerprint density at radius 3 is 3.10 bits per heavy atom. The van der Waals surface area contributed by atoms with E-state index < -0.39 is 0 Å². The highest BCUT2D eigenvalue weighted by molar-refractivity contribution is 7.16. The Balaban J connectivity index is 0.000000500. The molecule has 0 atom stereocenters. The highest BCUT2D eigenvalue weighted by Crippen LogP contribution is 2.14. The minimum Gasteiger partial charge on any atom is -0.244 e. The molecule has 0 saturated carbocycles. The predicted octanol–water partition coefficient (Wildman–Crippen LogP) is 2.11. The monoisotopic (exact) mass is 172 g/mol. The Hall–Kier alpha value is -0.670. The average Bonchev–Trinajstić information content (AvgIpc) is 2.33. The second-order valence-electron chi connectivity index (χ2n) is 1.70. The minimum absolute atomic E-state index is 0. The summed E-state index contributed by atoms with van der Waals surface area (Å²) in [6.07, 6.45) is 3.39. The van der Waals surface area contributed by atoms with Gasteiger partial charge in [0.1, 0.15) is 11.2 Å². The number of thiophene rings is 1. The van der Waals surface area contributed by atoms with Crippen molar-refractivity contribution in [3.05, 3.63) is 24.0 Å². The topological polar surface area (TPSA) is 25.8 Å². The fourth-order valence-corrected chi connectivity index (χ4v) is 1.42. The van der Waals surface area contributed by atoms with Gasteiger partial charge in [-0.2, -0.15) is 0 Å². The van der Waals surface area contributed by atoms with E-state index in [9.17, 15) is 0 Å². The summed E-state index contributed by atoms with van der Waals surface area (Å²) in [4.78, 5) is 8.99. The number of hydrogen-bond donors (Lipinski definition) is 0. The molecule has 0 aliphatic heterocycles. The molecule has 10 heavy (non-hydrogen) atoms. The molecule has 4 heteroatoms. The lowest BCUT2D eigenvalue weighted by Crippen LogP contribution is -1.71. The average molecular weight is 173 g/mol. The van der Waals surface area contributed by atoms with Gasteiger partial charge >= 0.3 is 0 Å². The summed E-state index contributed by atoms with van der Waals surface area (Å²) in [5.41, 5.74) is 0. The first-order chi connectivity index (χ1) is 4.47. The van der Waals surface area contributed by atoms with Crippen LogP contribution in [0.2, 0.25) is 0 Å². The van der Waals surface area contributed by atoms with E-state index in [-0.39, 0.29) is 12.4 Å². The van der Waals surface area contributed by atoms with Gasteiger partial charge in [0.05, 0.1) is 0 Å². The number of aromatic nitrogens is 2. The Bertz CT molecular complexity index is 290. The summed E-state index contributed by atoms with van der Waals surface area (Å²) < 4.78 is 0. The fraction of sp³-hybridized carbons (Fsp3) is 0. The molecule has 0 amide bonds. The molecule has 0 unspecified atom stereocenters. The molecule has 0 bridgehead atoms. The molecule has 2 nitrogen and oxygen atoms in total. The van der Waals surface area contributed by atoms with Crippen molar-refractivity contribution in [3.8, 4) is 0 Å². The molecule has 2 aromatic rings. The molecule has 0 fully saturated rings. The fourth-order valence-electron chi connectivity index (χ4n) is 0.714. The maximum Gasteiger partial charge on any atom is 0.126 e. The summed E-state index contributed by atoms with van der Waals surface area (Å²) in [7, 11) is 0. The first-order valence-corrected chi connectivity index (χ1v) is 3.48. The quantitative estimate of drug-likeness (QED) is 0.609. The molecular weight excluding hydrogens is 168 g/mol. The molecule has 2 heterocycles. The van der Waals surface area contributed by atoms with Crippen molar-refractivity contribution in [2.45, 2.75) is 0 Å². The molecule has 52 valence electrons. The van der Waals surface area contributed by atoms with Crippen LogP contribution in [0.1, 0.15) is 0 Å². The van der Waals surface area contributed by atoms with Crippen molar-refractivity contribution in [1.29, 1.82) is 0 Å². The van der Waals surface area contributed by atoms with E-state index in [2.05, 4.69) is 9.97 Å². The lowest BCUT2D eigenvalue weighted by molar-refractivity contribution is 1.23. The van der Waals surface area contributed by atoms with E-state index >= 15 is 0 Å². The SMILES string of the molecule is Cl.c1ncc2ccsc2n1. The smallest absolute Gasteiger partial charge is 0.126 e. The highest BCUT2D eigenvalue weighted by atomic mass is 35.5. The molecule has 2 aromatic heterocycles. The van der Waals surface area contributed by atoms with Crippen LogP contribution in [0.25, 0.3) is 10.2 Å². The Morgan fingerprint density at radius 1 is 1.40 bits per heavy atom. The second-order valence-corrected chi connectivity index (χ2v) is 2.60. The van der Waals surface area contributed by atoms with Gasteiger partial charge in [0.15, 0.2) is 0 Å². The summed E-state index contributed by atoms with van der Waals surface area (Å²) in [5.74, 6) is 0. The van der Waals surface area contributed by atoms with Gasteiger partial charge in [-0.1, -0.05) is 0 Å². The Kier molecular flexibility index (Phi) is 2.19. The Morgan fingerprint density at radius 2 is 2.30 bits per heavy atom. The van der Waals surface area contributed by atoms with E-state index in [1.807, 2.05) is 17.6 Å². The molecule has 0 saturated heterocycles. The van der Waals surface area contributed by atoms with E-state index in [1.54, 1.807) is 17.7 Å².